The SMILES string of the molecule is CC1(C)C[C@H](CC[C@H](N[S+]([O-])C(C)(C)C)c2ccccn2)CN1C(=O)O. The zero-order valence-corrected chi connectivity index (χ0v) is 17.2. The second-order valence-electron chi connectivity index (χ2n) is 8.66. The zero-order chi connectivity index (χ0) is 19.5. The molecule has 0 aromatic carbocycles. The van der Waals surface area contributed by atoms with E-state index in [0.717, 1.165) is 25.0 Å². The number of likely N-dealkylation sites (tertiary alicyclic amines) is 1. The standard InChI is InChI=1S/C19H31N3O3S/c1-18(2,3)26(25)21-16(15-8-6-7-11-20-15)10-9-14-12-19(4,5)22(13-14)17(23)24/h6-8,11,14,16,21H,9-10,12-13H2,1-5H3,(H,23,24)/t14-,16-,26?/m0/s1. The Kier molecular flexibility index (Phi) is 6.58. The molecule has 2 rings (SSSR count). The van der Waals surface area contributed by atoms with Crippen LogP contribution in [0.25, 0.3) is 0 Å². The van der Waals surface area contributed by atoms with E-state index in [2.05, 4.69) is 9.71 Å². The zero-order valence-electron chi connectivity index (χ0n) is 16.4. The van der Waals surface area contributed by atoms with Gasteiger partial charge in [0.1, 0.15) is 4.75 Å². The molecule has 26 heavy (non-hydrogen) atoms. The minimum absolute atomic E-state index is 0.113. The van der Waals surface area contributed by atoms with Crippen molar-refractivity contribution in [2.45, 2.75) is 70.2 Å². The molecule has 0 radical (unpaired) electrons. The van der Waals surface area contributed by atoms with E-state index < -0.39 is 17.5 Å². The maximum Gasteiger partial charge on any atom is 0.407 e. The van der Waals surface area contributed by atoms with E-state index in [4.69, 9.17) is 0 Å². The second kappa shape index (κ2) is 8.15. The summed E-state index contributed by atoms with van der Waals surface area (Å²) in [5, 5.41) is 9.39. The lowest BCUT2D eigenvalue weighted by Crippen LogP contribution is -2.41. The van der Waals surface area contributed by atoms with Crippen molar-refractivity contribution < 1.29 is 14.5 Å². The molecule has 3 atom stereocenters. The normalized spacial score (nSPS) is 22.2. The monoisotopic (exact) mass is 381 g/mol. The van der Waals surface area contributed by atoms with Gasteiger partial charge < -0.3 is 14.6 Å². The minimum Gasteiger partial charge on any atom is -0.598 e. The molecule has 2 N–H and O–H groups in total. The summed E-state index contributed by atoms with van der Waals surface area (Å²) in [5.41, 5.74) is 0.538. The lowest BCUT2D eigenvalue weighted by molar-refractivity contribution is 0.117. The first-order valence-electron chi connectivity index (χ1n) is 9.10. The summed E-state index contributed by atoms with van der Waals surface area (Å²) in [7, 11) is 0. The fraction of sp³-hybridized carbons (Fsp3) is 0.684. The molecule has 1 unspecified atom stereocenters. The van der Waals surface area contributed by atoms with Crippen LogP contribution in [0.15, 0.2) is 24.4 Å². The van der Waals surface area contributed by atoms with Gasteiger partial charge in [0.15, 0.2) is 0 Å². The Morgan fingerprint density at radius 2 is 2.19 bits per heavy atom. The molecule has 0 aliphatic carbocycles. The molecule has 0 bridgehead atoms. The number of carboxylic acid groups (broad SMARTS) is 1. The van der Waals surface area contributed by atoms with Gasteiger partial charge in [0.2, 0.25) is 0 Å². The van der Waals surface area contributed by atoms with Crippen LogP contribution in [-0.4, -0.2) is 42.5 Å². The summed E-state index contributed by atoms with van der Waals surface area (Å²) < 4.78 is 15.4. The van der Waals surface area contributed by atoms with Gasteiger partial charge >= 0.3 is 6.09 Å². The summed E-state index contributed by atoms with van der Waals surface area (Å²) in [6, 6.07) is 5.63. The third-order valence-electron chi connectivity index (χ3n) is 4.90. The van der Waals surface area contributed by atoms with Gasteiger partial charge in [-0.25, -0.2) is 4.79 Å². The van der Waals surface area contributed by atoms with Crippen LogP contribution in [0.3, 0.4) is 0 Å². The largest absolute Gasteiger partial charge is 0.598 e. The first kappa shape index (κ1) is 21.0. The predicted molar refractivity (Wildman–Crippen MR) is 104 cm³/mol. The lowest BCUT2D eigenvalue weighted by Gasteiger charge is -2.28. The fourth-order valence-electron chi connectivity index (χ4n) is 3.47. The Bertz CT molecular complexity index is 604. The van der Waals surface area contributed by atoms with E-state index >= 15 is 0 Å². The molecular weight excluding hydrogens is 350 g/mol. The Morgan fingerprint density at radius 1 is 1.50 bits per heavy atom. The molecule has 1 aromatic heterocycles. The van der Waals surface area contributed by atoms with Crippen LogP contribution in [-0.2, 0) is 11.4 Å². The van der Waals surface area contributed by atoms with Gasteiger partial charge in [-0.1, -0.05) is 6.07 Å². The molecule has 1 amide bonds. The van der Waals surface area contributed by atoms with Crippen molar-refractivity contribution in [3.63, 3.8) is 0 Å². The molecule has 1 aromatic rings. The summed E-state index contributed by atoms with van der Waals surface area (Å²) in [5.74, 6) is 0.303. The Hall–Kier alpha value is -1.31. The third-order valence-corrected chi connectivity index (χ3v) is 6.52. The molecule has 1 aliphatic heterocycles. The summed E-state index contributed by atoms with van der Waals surface area (Å²) >= 11 is -1.20. The van der Waals surface area contributed by atoms with Gasteiger partial charge in [-0.3, -0.25) is 4.98 Å². The number of nitrogens with zero attached hydrogens (tertiary/aromatic N) is 2. The van der Waals surface area contributed by atoms with Crippen LogP contribution in [0.5, 0.6) is 0 Å². The Labute approximate surface area is 159 Å². The van der Waals surface area contributed by atoms with Gasteiger partial charge in [0.25, 0.3) is 0 Å². The smallest absolute Gasteiger partial charge is 0.407 e. The van der Waals surface area contributed by atoms with Crippen molar-refractivity contribution in [3.8, 4) is 0 Å². The maximum absolute atomic E-state index is 12.6. The van der Waals surface area contributed by atoms with Gasteiger partial charge in [0.05, 0.1) is 11.7 Å². The summed E-state index contributed by atoms with van der Waals surface area (Å²) in [6.45, 7) is 10.3. The minimum atomic E-state index is -1.20. The number of rotatable bonds is 6. The van der Waals surface area contributed by atoms with E-state index in [9.17, 15) is 14.5 Å². The van der Waals surface area contributed by atoms with Gasteiger partial charge in [0, 0.05) is 29.6 Å². The fourth-order valence-corrected chi connectivity index (χ4v) is 4.33. The van der Waals surface area contributed by atoms with Gasteiger partial charge in [-0.05, 0) is 71.9 Å². The van der Waals surface area contributed by atoms with Crippen molar-refractivity contribution >= 4 is 17.5 Å². The molecule has 0 spiro atoms. The number of hydrogen-bond acceptors (Lipinski definition) is 4. The van der Waals surface area contributed by atoms with Crippen LogP contribution in [0.1, 0.15) is 65.6 Å². The number of carbonyl (C=O) groups is 1. The van der Waals surface area contributed by atoms with Crippen LogP contribution in [0.2, 0.25) is 0 Å². The predicted octanol–water partition coefficient (Wildman–Crippen LogP) is 3.73. The molecule has 7 heteroatoms. The molecule has 146 valence electrons. The highest BCUT2D eigenvalue weighted by molar-refractivity contribution is 7.90. The quantitative estimate of drug-likeness (QED) is 0.733. The van der Waals surface area contributed by atoms with Crippen molar-refractivity contribution in [3.05, 3.63) is 30.1 Å². The van der Waals surface area contributed by atoms with Crippen LogP contribution < -0.4 is 4.72 Å². The average Bonchev–Trinajstić information content (AvgIpc) is 2.86. The van der Waals surface area contributed by atoms with Gasteiger partial charge in [-0.15, -0.1) is 4.72 Å². The highest BCUT2D eigenvalue weighted by Crippen LogP contribution is 2.36. The second-order valence-corrected chi connectivity index (χ2v) is 10.7. The van der Waals surface area contributed by atoms with Crippen molar-refractivity contribution in [2.75, 3.05) is 6.54 Å². The Morgan fingerprint density at radius 3 is 2.69 bits per heavy atom. The molecule has 1 saturated heterocycles. The molecule has 1 aliphatic rings. The van der Waals surface area contributed by atoms with Crippen LogP contribution in [0, 0.1) is 5.92 Å². The molecular formula is C19H31N3O3S. The van der Waals surface area contributed by atoms with E-state index in [0.29, 0.717) is 12.5 Å². The van der Waals surface area contributed by atoms with E-state index in [1.54, 1.807) is 6.20 Å². The molecule has 2 heterocycles. The van der Waals surface area contributed by atoms with Crippen LogP contribution in [0.4, 0.5) is 4.79 Å². The average molecular weight is 382 g/mol. The topological polar surface area (TPSA) is 88.5 Å². The van der Waals surface area contributed by atoms with E-state index in [-0.39, 0.29) is 16.3 Å². The third kappa shape index (κ3) is 5.34. The molecule has 1 fully saturated rings. The lowest BCUT2D eigenvalue weighted by atomic mass is 9.91. The molecule has 0 saturated carbocycles. The Balaban J connectivity index is 2.05. The van der Waals surface area contributed by atoms with Crippen molar-refractivity contribution in [1.82, 2.24) is 14.6 Å². The highest BCUT2D eigenvalue weighted by Gasteiger charge is 2.41. The summed E-state index contributed by atoms with van der Waals surface area (Å²) in [4.78, 5) is 17.4. The first-order valence-corrected chi connectivity index (χ1v) is 10.3. The van der Waals surface area contributed by atoms with Gasteiger partial charge in [-0.2, -0.15) is 0 Å². The number of pyridine rings is 1. The van der Waals surface area contributed by atoms with Crippen LogP contribution >= 0.6 is 0 Å². The van der Waals surface area contributed by atoms with E-state index in [1.807, 2.05) is 52.8 Å². The number of hydrogen-bond donors (Lipinski definition) is 2. The van der Waals surface area contributed by atoms with Crippen molar-refractivity contribution in [2.24, 2.45) is 5.92 Å². The number of aromatic nitrogens is 1. The number of amides is 1. The maximum atomic E-state index is 12.6. The van der Waals surface area contributed by atoms with E-state index in [1.165, 1.54) is 4.90 Å². The molecule has 6 nitrogen and oxygen atoms in total. The first-order chi connectivity index (χ1) is 12.0. The van der Waals surface area contributed by atoms with Crippen molar-refractivity contribution in [1.29, 1.82) is 0 Å². The number of nitrogens with one attached hydrogen (secondary N) is 1. The highest BCUT2D eigenvalue weighted by atomic mass is 32.2. The summed E-state index contributed by atoms with van der Waals surface area (Å²) in [6.07, 6.45) is 3.37.